The molecular weight excluding hydrogens is 473 g/mol. The Hall–Kier alpha value is -1.20. The standard InChI is InChI=1S/C18H29N7S.HI/c1-19-18(20-7-2-3-8-25-14-21-22-15-25)23-17-4-9-24(10-5-17)12-16-6-11-26-13-16;/h6,11,13-15,17H,2-5,7-10,12H2,1H3,(H2,19,20,23);1H. The second-order valence-corrected chi connectivity index (χ2v) is 7.51. The van der Waals surface area contributed by atoms with Gasteiger partial charge in [-0.15, -0.1) is 34.2 Å². The molecule has 3 heterocycles. The third-order valence-corrected chi connectivity index (χ3v) is 5.47. The van der Waals surface area contributed by atoms with E-state index in [0.717, 1.165) is 51.5 Å². The van der Waals surface area contributed by atoms with E-state index in [0.29, 0.717) is 6.04 Å². The van der Waals surface area contributed by atoms with E-state index in [4.69, 9.17) is 0 Å². The number of nitrogens with zero attached hydrogens (tertiary/aromatic N) is 5. The minimum Gasteiger partial charge on any atom is -0.356 e. The van der Waals surface area contributed by atoms with Gasteiger partial charge in [-0.2, -0.15) is 11.3 Å². The lowest BCUT2D eigenvalue weighted by Crippen LogP contribution is -2.48. The summed E-state index contributed by atoms with van der Waals surface area (Å²) in [5.74, 6) is 0.922. The molecule has 150 valence electrons. The van der Waals surface area contributed by atoms with E-state index in [1.807, 2.05) is 11.6 Å². The normalized spacial score (nSPS) is 16.1. The summed E-state index contributed by atoms with van der Waals surface area (Å²) in [4.78, 5) is 6.91. The maximum atomic E-state index is 4.37. The van der Waals surface area contributed by atoms with Crippen LogP contribution in [0.15, 0.2) is 34.5 Å². The zero-order valence-electron chi connectivity index (χ0n) is 15.9. The fourth-order valence-electron chi connectivity index (χ4n) is 3.23. The average Bonchev–Trinajstić information content (AvgIpc) is 3.36. The van der Waals surface area contributed by atoms with Crippen LogP contribution in [0, 0.1) is 0 Å². The largest absolute Gasteiger partial charge is 0.356 e. The van der Waals surface area contributed by atoms with Crippen molar-refractivity contribution >= 4 is 41.3 Å². The molecule has 2 aromatic heterocycles. The van der Waals surface area contributed by atoms with Crippen molar-refractivity contribution in [3.63, 3.8) is 0 Å². The smallest absolute Gasteiger partial charge is 0.191 e. The quantitative estimate of drug-likeness (QED) is 0.251. The Kier molecular flexibility index (Phi) is 10.1. The van der Waals surface area contributed by atoms with Gasteiger partial charge < -0.3 is 15.2 Å². The zero-order chi connectivity index (χ0) is 18.0. The van der Waals surface area contributed by atoms with Gasteiger partial charge in [0.1, 0.15) is 12.7 Å². The van der Waals surface area contributed by atoms with Crippen LogP contribution in [0.25, 0.3) is 0 Å². The summed E-state index contributed by atoms with van der Waals surface area (Å²) in [6.45, 7) is 5.25. The summed E-state index contributed by atoms with van der Waals surface area (Å²) in [5, 5.41) is 19.1. The minimum absolute atomic E-state index is 0. The summed E-state index contributed by atoms with van der Waals surface area (Å²) < 4.78 is 2.01. The zero-order valence-corrected chi connectivity index (χ0v) is 19.0. The van der Waals surface area contributed by atoms with Crippen molar-refractivity contribution in [2.24, 2.45) is 4.99 Å². The highest BCUT2D eigenvalue weighted by molar-refractivity contribution is 14.0. The van der Waals surface area contributed by atoms with Crippen LogP contribution in [0.1, 0.15) is 31.2 Å². The molecule has 0 aromatic carbocycles. The molecule has 0 radical (unpaired) electrons. The first kappa shape index (κ1) is 22.1. The van der Waals surface area contributed by atoms with Crippen LogP contribution < -0.4 is 10.6 Å². The lowest BCUT2D eigenvalue weighted by Gasteiger charge is -2.32. The van der Waals surface area contributed by atoms with Crippen LogP contribution in [0.4, 0.5) is 0 Å². The molecule has 0 saturated carbocycles. The van der Waals surface area contributed by atoms with Crippen LogP contribution in [-0.2, 0) is 13.1 Å². The van der Waals surface area contributed by atoms with E-state index in [-0.39, 0.29) is 24.0 Å². The summed E-state index contributed by atoms with van der Waals surface area (Å²) in [6, 6.07) is 2.74. The first-order valence-electron chi connectivity index (χ1n) is 9.36. The number of guanidine groups is 1. The molecule has 9 heteroatoms. The lowest BCUT2D eigenvalue weighted by atomic mass is 10.0. The molecule has 1 fully saturated rings. The Morgan fingerprint density at radius 2 is 2.04 bits per heavy atom. The van der Waals surface area contributed by atoms with Crippen molar-refractivity contribution in [3.8, 4) is 0 Å². The molecular formula is C18H30IN7S. The first-order chi connectivity index (χ1) is 12.8. The van der Waals surface area contributed by atoms with Crippen molar-refractivity contribution in [2.75, 3.05) is 26.7 Å². The third kappa shape index (κ3) is 7.74. The number of aromatic nitrogens is 3. The maximum Gasteiger partial charge on any atom is 0.191 e. The molecule has 1 aliphatic rings. The van der Waals surface area contributed by atoms with Crippen LogP contribution in [0.5, 0.6) is 0 Å². The van der Waals surface area contributed by atoms with Crippen molar-refractivity contribution in [1.82, 2.24) is 30.3 Å². The molecule has 0 aliphatic carbocycles. The topological polar surface area (TPSA) is 70.4 Å². The van der Waals surface area contributed by atoms with E-state index in [9.17, 15) is 0 Å². The predicted octanol–water partition coefficient (Wildman–Crippen LogP) is 2.57. The van der Waals surface area contributed by atoms with Gasteiger partial charge in [-0.3, -0.25) is 9.89 Å². The second-order valence-electron chi connectivity index (χ2n) is 6.73. The molecule has 3 rings (SSSR count). The van der Waals surface area contributed by atoms with E-state index in [2.05, 4.69) is 47.5 Å². The first-order valence-corrected chi connectivity index (χ1v) is 10.3. The van der Waals surface area contributed by atoms with Crippen molar-refractivity contribution in [2.45, 2.75) is 44.8 Å². The number of aliphatic imine (C=N–C) groups is 1. The summed E-state index contributed by atoms with van der Waals surface area (Å²) in [7, 11) is 1.85. The number of rotatable bonds is 8. The monoisotopic (exact) mass is 503 g/mol. The van der Waals surface area contributed by atoms with Gasteiger partial charge in [0.25, 0.3) is 0 Å². The molecule has 0 amide bonds. The number of thiophene rings is 1. The molecule has 27 heavy (non-hydrogen) atoms. The van der Waals surface area contributed by atoms with Crippen LogP contribution in [0.2, 0.25) is 0 Å². The second kappa shape index (κ2) is 12.3. The average molecular weight is 503 g/mol. The fourth-order valence-corrected chi connectivity index (χ4v) is 3.89. The van der Waals surface area contributed by atoms with Gasteiger partial charge in [-0.05, 0) is 48.1 Å². The molecule has 2 N–H and O–H groups in total. The van der Waals surface area contributed by atoms with Gasteiger partial charge in [0.2, 0.25) is 0 Å². The Morgan fingerprint density at radius 1 is 1.26 bits per heavy atom. The van der Waals surface area contributed by atoms with Crippen LogP contribution in [0.3, 0.4) is 0 Å². The molecule has 7 nitrogen and oxygen atoms in total. The predicted molar refractivity (Wildman–Crippen MR) is 122 cm³/mol. The van der Waals surface area contributed by atoms with E-state index in [1.165, 1.54) is 18.4 Å². The SMILES string of the molecule is CN=C(NCCCCn1cnnc1)NC1CCN(Cc2ccsc2)CC1.I. The highest BCUT2D eigenvalue weighted by Gasteiger charge is 2.20. The molecule has 0 bridgehead atoms. The fraction of sp³-hybridized carbons (Fsp3) is 0.611. The van der Waals surface area contributed by atoms with Gasteiger partial charge in [-0.25, -0.2) is 0 Å². The van der Waals surface area contributed by atoms with Crippen molar-refractivity contribution in [3.05, 3.63) is 35.0 Å². The summed E-state index contributed by atoms with van der Waals surface area (Å²) in [5.41, 5.74) is 1.44. The number of halogens is 1. The highest BCUT2D eigenvalue weighted by atomic mass is 127. The molecule has 0 unspecified atom stereocenters. The Labute approximate surface area is 182 Å². The summed E-state index contributed by atoms with van der Waals surface area (Å²) in [6.07, 6.45) is 8.05. The van der Waals surface area contributed by atoms with Gasteiger partial charge in [0, 0.05) is 45.8 Å². The Balaban J connectivity index is 0.00000261. The molecule has 0 atom stereocenters. The van der Waals surface area contributed by atoms with Crippen molar-refractivity contribution in [1.29, 1.82) is 0 Å². The number of nitrogens with one attached hydrogen (secondary N) is 2. The van der Waals surface area contributed by atoms with E-state index in [1.54, 1.807) is 24.0 Å². The van der Waals surface area contributed by atoms with Crippen LogP contribution in [-0.4, -0.2) is 58.3 Å². The maximum absolute atomic E-state index is 4.37. The van der Waals surface area contributed by atoms with Crippen molar-refractivity contribution < 1.29 is 0 Å². The summed E-state index contributed by atoms with van der Waals surface area (Å²) >= 11 is 1.78. The number of hydrogen-bond donors (Lipinski definition) is 2. The number of piperidine rings is 1. The Morgan fingerprint density at radius 3 is 2.70 bits per heavy atom. The minimum atomic E-state index is 0. The number of unbranched alkanes of at least 4 members (excludes halogenated alkanes) is 1. The van der Waals surface area contributed by atoms with Crippen LogP contribution >= 0.6 is 35.3 Å². The van der Waals surface area contributed by atoms with Gasteiger partial charge in [-0.1, -0.05) is 0 Å². The molecule has 0 spiro atoms. The number of hydrogen-bond acceptors (Lipinski definition) is 5. The molecule has 2 aromatic rings. The van der Waals surface area contributed by atoms with Gasteiger partial charge in [0.05, 0.1) is 0 Å². The number of aryl methyl sites for hydroxylation is 1. The third-order valence-electron chi connectivity index (χ3n) is 4.74. The lowest BCUT2D eigenvalue weighted by molar-refractivity contribution is 0.198. The Bertz CT molecular complexity index is 637. The van der Waals surface area contributed by atoms with E-state index < -0.39 is 0 Å². The molecule has 1 aliphatic heterocycles. The van der Waals surface area contributed by atoms with Gasteiger partial charge in [0.15, 0.2) is 5.96 Å². The number of likely N-dealkylation sites (tertiary alicyclic amines) is 1. The van der Waals surface area contributed by atoms with E-state index >= 15 is 0 Å². The van der Waals surface area contributed by atoms with Gasteiger partial charge >= 0.3 is 0 Å². The highest BCUT2D eigenvalue weighted by Crippen LogP contribution is 2.15. The molecule has 1 saturated heterocycles.